The van der Waals surface area contributed by atoms with E-state index in [2.05, 4.69) is 113 Å². The Morgan fingerprint density at radius 2 is 1.81 bits per heavy atom. The van der Waals surface area contributed by atoms with Gasteiger partial charge in [0, 0.05) is 59.8 Å². The third kappa shape index (κ3) is 6.94. The number of allylic oxidation sites excluding steroid dienone is 6. The maximum Gasteiger partial charge on any atom is 0.294 e. The van der Waals surface area contributed by atoms with Crippen molar-refractivity contribution in [3.8, 4) is 5.75 Å². The molecule has 0 atom stereocenters. The van der Waals surface area contributed by atoms with E-state index in [4.69, 9.17) is 10.5 Å². The molecule has 8 nitrogen and oxygen atoms in total. The molecule has 3 aliphatic heterocycles. The molecule has 256 valence electrons. The number of rotatable bonds is 10. The number of primary amides is 1. The number of hydrogen-bond acceptors (Lipinski definition) is 5. The van der Waals surface area contributed by atoms with E-state index in [-0.39, 0.29) is 21.8 Å². The second-order valence-corrected chi connectivity index (χ2v) is 16.5. The molecule has 0 unspecified atom stereocenters. The Bertz CT molecular complexity index is 1900. The Kier molecular flexibility index (Phi) is 9.45. The van der Waals surface area contributed by atoms with Crippen LogP contribution in [0.3, 0.4) is 0 Å². The van der Waals surface area contributed by atoms with Crippen molar-refractivity contribution < 1.29 is 27.1 Å². The van der Waals surface area contributed by atoms with Crippen LogP contribution in [0.4, 0.5) is 11.4 Å². The lowest BCUT2D eigenvalue weighted by atomic mass is 9.81. The maximum atomic E-state index is 12.1. The van der Waals surface area contributed by atoms with Crippen molar-refractivity contribution in [2.75, 3.05) is 18.0 Å². The zero-order valence-corrected chi connectivity index (χ0v) is 30.4. The minimum atomic E-state index is -4.36. The Labute approximate surface area is 286 Å². The van der Waals surface area contributed by atoms with Crippen molar-refractivity contribution in [3.63, 3.8) is 0 Å². The second kappa shape index (κ2) is 12.8. The summed E-state index contributed by atoms with van der Waals surface area (Å²) in [6.45, 7) is 18.8. The highest BCUT2D eigenvalue weighted by molar-refractivity contribution is 7.85. The van der Waals surface area contributed by atoms with Gasteiger partial charge in [-0.1, -0.05) is 45.1 Å². The zero-order chi connectivity index (χ0) is 35.2. The van der Waals surface area contributed by atoms with Crippen LogP contribution in [0.2, 0.25) is 0 Å². The summed E-state index contributed by atoms with van der Waals surface area (Å²) in [5.41, 5.74) is 11.6. The van der Waals surface area contributed by atoms with E-state index in [0.717, 1.165) is 70.2 Å². The number of anilines is 1. The summed E-state index contributed by atoms with van der Waals surface area (Å²) >= 11 is 0. The average Bonchev–Trinajstić information content (AvgIpc) is 3.19. The summed E-state index contributed by atoms with van der Waals surface area (Å²) in [5.74, 6) is 1.42. The first-order chi connectivity index (χ1) is 22.3. The van der Waals surface area contributed by atoms with Crippen LogP contribution in [0.5, 0.6) is 5.75 Å². The molecule has 0 bridgehead atoms. The minimum absolute atomic E-state index is 0.104. The van der Waals surface area contributed by atoms with Gasteiger partial charge >= 0.3 is 0 Å². The highest BCUT2D eigenvalue weighted by atomic mass is 32.2. The second-order valence-electron chi connectivity index (χ2n) is 15.1. The topological polar surface area (TPSA) is 113 Å². The van der Waals surface area contributed by atoms with Crippen LogP contribution in [0.15, 0.2) is 71.4 Å². The molecule has 1 amide bonds. The van der Waals surface area contributed by atoms with Crippen molar-refractivity contribution in [1.82, 2.24) is 0 Å². The van der Waals surface area contributed by atoms with Gasteiger partial charge in [-0.05, 0) is 82.9 Å². The minimum Gasteiger partial charge on any atom is -0.460 e. The first-order valence-corrected chi connectivity index (χ1v) is 18.3. The van der Waals surface area contributed by atoms with E-state index in [1.165, 1.54) is 6.07 Å². The van der Waals surface area contributed by atoms with Crippen molar-refractivity contribution in [2.45, 2.75) is 96.9 Å². The molecule has 3 N–H and O–H groups in total. The first-order valence-electron chi connectivity index (χ1n) is 16.8. The summed E-state index contributed by atoms with van der Waals surface area (Å²) in [5, 5.41) is 0. The van der Waals surface area contributed by atoms with Crippen LogP contribution < -0.4 is 15.4 Å². The van der Waals surface area contributed by atoms with Crippen LogP contribution in [0.25, 0.3) is 11.6 Å². The quantitative estimate of drug-likeness (QED) is 0.151. The Hall–Kier alpha value is -3.95. The lowest BCUT2D eigenvalue weighted by Crippen LogP contribution is -2.44. The highest BCUT2D eigenvalue weighted by Crippen LogP contribution is 2.46. The van der Waals surface area contributed by atoms with E-state index in [0.29, 0.717) is 19.4 Å². The number of unbranched alkanes of at least 4 members (excludes halogenated alkanes) is 2. The molecule has 3 heterocycles. The molecule has 2 aromatic rings. The molecule has 0 fully saturated rings. The lowest BCUT2D eigenvalue weighted by molar-refractivity contribution is -0.438. The standard InChI is InChI=1S/C39H49N3O5S/c1-9-42-32-25-33-29(22-27(32)19-20-38(42,5)6)26(23-35(47-33)37(2,3)4)14-13-15-34-39(7,8)30-24-28(48(44,45)46)17-18-31(30)41(34)21-12-10-11-16-36(40)43/h13-15,17-20,22-25H,9-12,16,21H2,1-8H3,(H2-,40,43,44,45,46)/p+1. The Morgan fingerprint density at radius 1 is 1.08 bits per heavy atom. The van der Waals surface area contributed by atoms with Crippen molar-refractivity contribution in [3.05, 3.63) is 83.2 Å². The number of carbonyl (C=O) groups is 1. The van der Waals surface area contributed by atoms with Crippen molar-refractivity contribution in [2.24, 2.45) is 11.1 Å². The summed E-state index contributed by atoms with van der Waals surface area (Å²) in [6, 6.07) is 9.19. The molecule has 0 radical (unpaired) electrons. The predicted molar refractivity (Wildman–Crippen MR) is 195 cm³/mol. The van der Waals surface area contributed by atoms with Crippen LogP contribution in [0, 0.1) is 5.41 Å². The molecular weight excluding hydrogens is 623 g/mol. The normalized spacial score (nSPS) is 18.9. The summed E-state index contributed by atoms with van der Waals surface area (Å²) in [6.07, 6.45) is 15.6. The number of fused-ring (bicyclic) bond motifs is 3. The fraction of sp³-hybridized carbons (Fsp3) is 0.436. The molecule has 9 heteroatoms. The van der Waals surface area contributed by atoms with Gasteiger partial charge in [0.1, 0.15) is 18.1 Å². The molecule has 5 rings (SSSR count). The van der Waals surface area contributed by atoms with Crippen molar-refractivity contribution >= 4 is 44.8 Å². The fourth-order valence-electron chi connectivity index (χ4n) is 6.95. The van der Waals surface area contributed by atoms with Gasteiger partial charge in [0.25, 0.3) is 10.1 Å². The molecular formula is C39H50N3O5S+. The number of nitrogens with zero attached hydrogens (tertiary/aromatic N) is 2. The number of ether oxygens (including phenoxy) is 1. The van der Waals surface area contributed by atoms with Gasteiger partial charge in [-0.3, -0.25) is 9.35 Å². The van der Waals surface area contributed by atoms with Gasteiger partial charge in [-0.2, -0.15) is 13.0 Å². The zero-order valence-electron chi connectivity index (χ0n) is 29.6. The molecule has 3 aliphatic rings. The third-order valence-corrected chi connectivity index (χ3v) is 10.5. The first kappa shape index (κ1) is 35.4. The Morgan fingerprint density at radius 3 is 2.46 bits per heavy atom. The molecule has 2 aromatic carbocycles. The summed E-state index contributed by atoms with van der Waals surface area (Å²) < 4.78 is 42.7. The van der Waals surface area contributed by atoms with Crippen LogP contribution >= 0.6 is 0 Å². The van der Waals surface area contributed by atoms with Gasteiger partial charge < -0.3 is 15.4 Å². The monoisotopic (exact) mass is 672 g/mol. The summed E-state index contributed by atoms with van der Waals surface area (Å²) in [4.78, 5) is 13.5. The lowest BCUT2D eigenvalue weighted by Gasteiger charge is -2.42. The number of hydrogen-bond donors (Lipinski definition) is 2. The van der Waals surface area contributed by atoms with Gasteiger partial charge in [0.2, 0.25) is 11.6 Å². The molecule has 0 aromatic heterocycles. The van der Waals surface area contributed by atoms with Crippen LogP contribution in [-0.2, 0) is 20.3 Å². The van der Waals surface area contributed by atoms with Gasteiger partial charge in [0.15, 0.2) is 5.71 Å². The number of benzene rings is 2. The number of carbonyl (C=O) groups excluding carboxylic acids is 1. The van der Waals surface area contributed by atoms with Crippen LogP contribution in [-0.4, -0.2) is 47.8 Å². The maximum absolute atomic E-state index is 12.1. The third-order valence-electron chi connectivity index (χ3n) is 9.65. The predicted octanol–water partition coefficient (Wildman–Crippen LogP) is 7.95. The average molecular weight is 673 g/mol. The van der Waals surface area contributed by atoms with E-state index in [1.807, 2.05) is 0 Å². The van der Waals surface area contributed by atoms with E-state index in [9.17, 15) is 17.8 Å². The molecule has 0 saturated heterocycles. The summed E-state index contributed by atoms with van der Waals surface area (Å²) in [7, 11) is -4.36. The van der Waals surface area contributed by atoms with Gasteiger partial charge in [0.05, 0.1) is 15.8 Å². The number of likely N-dealkylation sites (N-methyl/N-ethyl adjacent to an activating group) is 1. The van der Waals surface area contributed by atoms with Gasteiger partial charge in [-0.25, -0.2) is 0 Å². The van der Waals surface area contributed by atoms with E-state index in [1.54, 1.807) is 12.1 Å². The van der Waals surface area contributed by atoms with Crippen LogP contribution in [0.1, 0.15) is 97.8 Å². The van der Waals surface area contributed by atoms with Crippen molar-refractivity contribution in [1.29, 1.82) is 0 Å². The smallest absolute Gasteiger partial charge is 0.294 e. The van der Waals surface area contributed by atoms with E-state index >= 15 is 0 Å². The highest BCUT2D eigenvalue weighted by Gasteiger charge is 2.44. The molecule has 0 spiro atoms. The number of nitrogens with two attached hydrogens (primary N) is 1. The SMILES string of the molecule is CCN1c2cc3c(cc2C=CC1(C)C)/C(=C/C=C/C1=[N+](CCCCCC(N)=O)c2ccc(S(=O)(=O)O)cc2C1(C)C)C=C(C(C)(C)C)O3. The largest absolute Gasteiger partial charge is 0.460 e. The Balaban J connectivity index is 1.58. The molecule has 48 heavy (non-hydrogen) atoms. The molecule has 0 saturated carbocycles. The van der Waals surface area contributed by atoms with E-state index < -0.39 is 15.5 Å². The fourth-order valence-corrected chi connectivity index (χ4v) is 7.46. The molecule has 0 aliphatic carbocycles. The number of amides is 1. The van der Waals surface area contributed by atoms with Gasteiger partial charge in [-0.15, -0.1) is 0 Å².